The van der Waals surface area contributed by atoms with Crippen LogP contribution in [0.4, 0.5) is 0 Å². The third-order valence-electron chi connectivity index (χ3n) is 1.55. The highest BCUT2D eigenvalue weighted by molar-refractivity contribution is 5.34. The molecule has 0 radical (unpaired) electrons. The van der Waals surface area contributed by atoms with Crippen molar-refractivity contribution in [3.63, 3.8) is 0 Å². The van der Waals surface area contributed by atoms with Crippen molar-refractivity contribution in [2.24, 2.45) is 10.5 Å². The molecular weight excluding hydrogens is 152 g/mol. The average Bonchev–Trinajstić information content (AvgIpc) is 2.03. The molecule has 4 heteroatoms. The maximum absolute atomic E-state index is 6.55. The van der Waals surface area contributed by atoms with E-state index in [-0.39, 0.29) is 5.41 Å². The molecule has 12 heavy (non-hydrogen) atoms. The third-order valence-corrected chi connectivity index (χ3v) is 1.55. The second-order valence-corrected chi connectivity index (χ2v) is 3.18. The molecule has 0 fully saturated rings. The van der Waals surface area contributed by atoms with Crippen molar-refractivity contribution in [2.75, 3.05) is 0 Å². The number of hydrogen-bond donors (Lipinski definition) is 2. The fraction of sp³-hybridized carbons (Fsp3) is 0.375. The van der Waals surface area contributed by atoms with E-state index in [9.17, 15) is 0 Å². The molecule has 2 N–H and O–H groups in total. The number of hydrazine groups is 1. The molecule has 0 bridgehead atoms. The predicted molar refractivity (Wildman–Crippen MR) is 47.2 cm³/mol. The van der Waals surface area contributed by atoms with Crippen LogP contribution in [0.1, 0.15) is 13.8 Å². The van der Waals surface area contributed by atoms with Gasteiger partial charge in [-0.25, -0.2) is 10.9 Å². The first-order chi connectivity index (χ1) is 5.64. The highest BCUT2D eigenvalue weighted by atomic mass is 15.6. The Bertz CT molecular complexity index is 242. The topological polar surface area (TPSA) is 51.5 Å². The minimum atomic E-state index is 0.104. The first-order valence-electron chi connectivity index (χ1n) is 3.68. The predicted octanol–water partition coefficient (Wildman–Crippen LogP) is 1.53. The summed E-state index contributed by atoms with van der Waals surface area (Å²) in [5, 5.41) is 11.6. The number of hydrazone groups is 1. The molecule has 0 spiro atoms. The smallest absolute Gasteiger partial charge is 0.113 e. The number of allylic oxidation sites excluding steroid dienone is 2. The molecule has 4 nitrogen and oxygen atoms in total. The van der Waals surface area contributed by atoms with Crippen LogP contribution >= 0.6 is 0 Å². The van der Waals surface area contributed by atoms with Crippen LogP contribution in [-0.2, 0) is 0 Å². The normalized spacial score (nSPS) is 18.7. The van der Waals surface area contributed by atoms with Crippen molar-refractivity contribution in [3.8, 4) is 0 Å². The summed E-state index contributed by atoms with van der Waals surface area (Å²) in [5.74, 6) is 0. The van der Waals surface area contributed by atoms with Crippen LogP contribution in [0.5, 0.6) is 0 Å². The second-order valence-electron chi connectivity index (χ2n) is 3.18. The van der Waals surface area contributed by atoms with Gasteiger partial charge in [0, 0.05) is 17.8 Å². The van der Waals surface area contributed by atoms with E-state index in [2.05, 4.69) is 24.5 Å². The molecule has 1 rings (SSSR count). The van der Waals surface area contributed by atoms with Crippen molar-refractivity contribution in [2.45, 2.75) is 13.8 Å². The highest BCUT2D eigenvalue weighted by Gasteiger charge is 2.12. The average molecular weight is 164 g/mol. The van der Waals surface area contributed by atoms with E-state index < -0.39 is 0 Å². The van der Waals surface area contributed by atoms with E-state index in [0.717, 1.165) is 0 Å². The molecule has 0 aromatic heterocycles. The highest BCUT2D eigenvalue weighted by Crippen LogP contribution is 2.22. The van der Waals surface area contributed by atoms with Gasteiger partial charge in [0.05, 0.1) is 0 Å². The fourth-order valence-corrected chi connectivity index (χ4v) is 0.799. The molecule has 0 aromatic rings. The first kappa shape index (κ1) is 8.56. The van der Waals surface area contributed by atoms with Crippen molar-refractivity contribution in [1.82, 2.24) is 10.5 Å². The van der Waals surface area contributed by atoms with Crippen LogP contribution < -0.4 is 5.53 Å². The van der Waals surface area contributed by atoms with Gasteiger partial charge in [0.1, 0.15) is 6.01 Å². The fourth-order valence-electron chi connectivity index (χ4n) is 0.799. The number of hydrogen-bond acceptors (Lipinski definition) is 4. The molecule has 0 saturated heterocycles. The zero-order valence-electron chi connectivity index (χ0n) is 7.20. The summed E-state index contributed by atoms with van der Waals surface area (Å²) < 4.78 is 0. The lowest BCUT2D eigenvalue weighted by atomic mass is 9.92. The summed E-state index contributed by atoms with van der Waals surface area (Å²) in [6, 6.07) is 1.89. The molecule has 0 amide bonds. The van der Waals surface area contributed by atoms with Gasteiger partial charge in [-0.05, 0) is 0 Å². The summed E-state index contributed by atoms with van der Waals surface area (Å²) >= 11 is 0. The molecular formula is C8H12N4. The largest absolute Gasteiger partial charge is 0.255 e. The van der Waals surface area contributed by atoms with Gasteiger partial charge in [-0.2, -0.15) is 0 Å². The van der Waals surface area contributed by atoms with Crippen LogP contribution in [0.25, 0.3) is 0 Å². The minimum absolute atomic E-state index is 0.104. The van der Waals surface area contributed by atoms with E-state index in [1.54, 1.807) is 5.01 Å². The van der Waals surface area contributed by atoms with Gasteiger partial charge in [-0.1, -0.05) is 31.1 Å². The number of nitrogens with one attached hydrogen (secondary N) is 2. The Morgan fingerprint density at radius 1 is 1.42 bits per heavy atom. The van der Waals surface area contributed by atoms with Gasteiger partial charge in [0.2, 0.25) is 0 Å². The molecule has 0 unspecified atom stereocenters. The Balaban J connectivity index is 2.55. The summed E-state index contributed by atoms with van der Waals surface area (Å²) in [4.78, 5) is 0. The molecule has 0 aromatic carbocycles. The van der Waals surface area contributed by atoms with Gasteiger partial charge in [-0.3, -0.25) is 5.01 Å². The zero-order chi connectivity index (χ0) is 9.03. The Labute approximate surface area is 71.7 Å². The van der Waals surface area contributed by atoms with E-state index in [0.29, 0.717) is 0 Å². The van der Waals surface area contributed by atoms with Crippen molar-refractivity contribution in [3.05, 3.63) is 24.6 Å². The Kier molecular flexibility index (Phi) is 2.31. The van der Waals surface area contributed by atoms with E-state index >= 15 is 0 Å². The molecule has 0 saturated carbocycles. The van der Waals surface area contributed by atoms with Gasteiger partial charge in [-0.15, -0.1) is 0 Å². The van der Waals surface area contributed by atoms with E-state index in [1.165, 1.54) is 0 Å². The van der Waals surface area contributed by atoms with Crippen LogP contribution in [0.3, 0.4) is 0 Å². The van der Waals surface area contributed by atoms with Crippen molar-refractivity contribution >= 4 is 6.01 Å². The van der Waals surface area contributed by atoms with Gasteiger partial charge in [0.25, 0.3) is 0 Å². The standard InChI is InChI=1S/C8H12N4/c1-8(2)3-5-12(6-4-8)11-10-7-9/h3-6,9,11H,1-2H3. The Hall–Kier alpha value is -1.54. The van der Waals surface area contributed by atoms with Crippen molar-refractivity contribution < 1.29 is 0 Å². The summed E-state index contributed by atoms with van der Waals surface area (Å²) in [6.45, 7) is 4.22. The van der Waals surface area contributed by atoms with Crippen LogP contribution in [-0.4, -0.2) is 11.0 Å². The zero-order valence-corrected chi connectivity index (χ0v) is 7.20. The molecule has 1 aliphatic rings. The van der Waals surface area contributed by atoms with Gasteiger partial charge in [0.15, 0.2) is 0 Å². The maximum atomic E-state index is 6.55. The third kappa shape index (κ3) is 2.25. The van der Waals surface area contributed by atoms with Crippen molar-refractivity contribution in [1.29, 1.82) is 5.41 Å². The maximum Gasteiger partial charge on any atom is 0.113 e. The number of nitrogens with zero attached hydrogens (tertiary/aromatic N) is 2. The molecule has 64 valence electrons. The lowest BCUT2D eigenvalue weighted by Crippen LogP contribution is -2.26. The SMILES string of the molecule is CC1(C)C=CN(NN=C=N)C=C1. The first-order valence-corrected chi connectivity index (χ1v) is 3.68. The van der Waals surface area contributed by atoms with E-state index in [4.69, 9.17) is 5.41 Å². The lowest BCUT2D eigenvalue weighted by Gasteiger charge is -2.24. The monoisotopic (exact) mass is 164 g/mol. The lowest BCUT2D eigenvalue weighted by molar-refractivity contribution is 0.359. The van der Waals surface area contributed by atoms with Crippen LogP contribution in [0.15, 0.2) is 29.7 Å². The second kappa shape index (κ2) is 3.24. The van der Waals surface area contributed by atoms with Gasteiger partial charge >= 0.3 is 0 Å². The molecule has 1 heterocycles. The van der Waals surface area contributed by atoms with Gasteiger partial charge < -0.3 is 0 Å². The quantitative estimate of drug-likeness (QED) is 0.480. The number of rotatable bonds is 2. The molecule has 0 aliphatic carbocycles. The Morgan fingerprint density at radius 3 is 2.50 bits per heavy atom. The van der Waals surface area contributed by atoms with Crippen LogP contribution in [0, 0.1) is 10.8 Å². The summed E-state index contributed by atoms with van der Waals surface area (Å²) in [6.07, 6.45) is 7.81. The summed E-state index contributed by atoms with van der Waals surface area (Å²) in [5.41, 5.74) is 2.70. The van der Waals surface area contributed by atoms with E-state index in [1.807, 2.05) is 30.6 Å². The molecule has 1 aliphatic heterocycles. The minimum Gasteiger partial charge on any atom is -0.255 e. The summed E-state index contributed by atoms with van der Waals surface area (Å²) in [7, 11) is 0. The van der Waals surface area contributed by atoms with Crippen LogP contribution in [0.2, 0.25) is 0 Å². The Morgan fingerprint density at radius 2 is 2.00 bits per heavy atom. The molecule has 0 atom stereocenters.